The molecule has 1 atom stereocenters. The van der Waals surface area contributed by atoms with E-state index in [1.54, 1.807) is 0 Å². The van der Waals surface area contributed by atoms with Gasteiger partial charge < -0.3 is 15.5 Å². The summed E-state index contributed by atoms with van der Waals surface area (Å²) in [5.41, 5.74) is 9.42. The number of nitrogens with zero attached hydrogens (tertiary/aromatic N) is 2. The molecule has 1 amide bonds. The minimum atomic E-state index is 0.333. The van der Waals surface area contributed by atoms with Gasteiger partial charge in [0, 0.05) is 44.3 Å². The summed E-state index contributed by atoms with van der Waals surface area (Å²) >= 11 is 0. The average Bonchev–Trinajstić information content (AvgIpc) is 2.79. The Morgan fingerprint density at radius 2 is 2.21 bits per heavy atom. The fraction of sp³-hybridized carbons (Fsp3) is 0.533. The molecule has 0 aromatic heterocycles. The largest absolute Gasteiger partial charge is 0.367 e. The Bertz CT molecular complexity index is 500. The summed E-state index contributed by atoms with van der Waals surface area (Å²) in [5.74, 6) is 0.333. The summed E-state index contributed by atoms with van der Waals surface area (Å²) in [7, 11) is 0. The van der Waals surface area contributed by atoms with Crippen molar-refractivity contribution in [1.29, 1.82) is 0 Å². The zero-order chi connectivity index (χ0) is 13.4. The van der Waals surface area contributed by atoms with E-state index in [2.05, 4.69) is 34.9 Å². The Morgan fingerprint density at radius 1 is 1.37 bits per heavy atom. The molecular weight excluding hydrogens is 238 g/mol. The van der Waals surface area contributed by atoms with Crippen molar-refractivity contribution in [2.75, 3.05) is 24.5 Å². The van der Waals surface area contributed by atoms with Crippen molar-refractivity contribution in [3.05, 3.63) is 29.3 Å². The van der Waals surface area contributed by atoms with Crippen LogP contribution in [0.5, 0.6) is 0 Å². The first kappa shape index (κ1) is 12.5. The summed E-state index contributed by atoms with van der Waals surface area (Å²) in [6.07, 6.45) is 1.73. The van der Waals surface area contributed by atoms with Crippen molar-refractivity contribution in [3.63, 3.8) is 0 Å². The molecule has 2 heterocycles. The molecule has 2 aliphatic heterocycles. The molecule has 0 bridgehead atoms. The van der Waals surface area contributed by atoms with Gasteiger partial charge in [0.05, 0.1) is 0 Å². The first-order valence-corrected chi connectivity index (χ1v) is 7.03. The van der Waals surface area contributed by atoms with Crippen molar-refractivity contribution in [3.8, 4) is 0 Å². The molecule has 102 valence electrons. The van der Waals surface area contributed by atoms with Gasteiger partial charge in [-0.1, -0.05) is 12.1 Å². The van der Waals surface area contributed by atoms with E-state index in [0.717, 1.165) is 32.5 Å². The molecule has 1 aromatic carbocycles. The van der Waals surface area contributed by atoms with Crippen molar-refractivity contribution >= 4 is 11.6 Å². The monoisotopic (exact) mass is 259 g/mol. The number of fused-ring (bicyclic) bond motifs is 1. The third-order valence-corrected chi connectivity index (χ3v) is 4.33. The van der Waals surface area contributed by atoms with Gasteiger partial charge in [-0.3, -0.25) is 4.79 Å². The van der Waals surface area contributed by atoms with Gasteiger partial charge >= 0.3 is 0 Å². The Balaban J connectivity index is 1.79. The molecule has 4 nitrogen and oxygen atoms in total. The quantitative estimate of drug-likeness (QED) is 0.870. The summed E-state index contributed by atoms with van der Waals surface area (Å²) in [6.45, 7) is 5.49. The standard InChI is InChI=1S/C15H21N3O/c1-11-8-12(9-16)2-4-14(11)17-6-7-18-13(10-17)3-5-15(18)19/h2,4,8,13H,3,5-7,9-10,16H2,1H3. The Kier molecular flexibility index (Phi) is 3.19. The molecular formula is C15H21N3O. The molecule has 3 rings (SSSR count). The van der Waals surface area contributed by atoms with Crippen LogP contribution in [0.3, 0.4) is 0 Å². The maximum atomic E-state index is 11.7. The van der Waals surface area contributed by atoms with Gasteiger partial charge in [-0.2, -0.15) is 0 Å². The highest BCUT2D eigenvalue weighted by molar-refractivity contribution is 5.79. The first-order chi connectivity index (χ1) is 9.19. The molecule has 19 heavy (non-hydrogen) atoms. The van der Waals surface area contributed by atoms with Crippen LogP contribution in [0.1, 0.15) is 24.0 Å². The van der Waals surface area contributed by atoms with E-state index in [-0.39, 0.29) is 0 Å². The fourth-order valence-corrected chi connectivity index (χ4v) is 3.28. The zero-order valence-electron chi connectivity index (χ0n) is 11.4. The molecule has 2 saturated heterocycles. The highest BCUT2D eigenvalue weighted by Gasteiger charge is 2.35. The Hall–Kier alpha value is -1.55. The van der Waals surface area contributed by atoms with Crippen LogP contribution in [-0.2, 0) is 11.3 Å². The number of carbonyl (C=O) groups is 1. The number of nitrogens with two attached hydrogens (primary N) is 1. The summed E-state index contributed by atoms with van der Waals surface area (Å²) in [6, 6.07) is 6.86. The zero-order valence-corrected chi connectivity index (χ0v) is 11.4. The lowest BCUT2D eigenvalue weighted by molar-refractivity contribution is -0.129. The minimum Gasteiger partial charge on any atom is -0.367 e. The number of hydrogen-bond donors (Lipinski definition) is 1. The Morgan fingerprint density at radius 3 is 2.95 bits per heavy atom. The number of benzene rings is 1. The molecule has 2 N–H and O–H groups in total. The number of anilines is 1. The summed E-state index contributed by atoms with van der Waals surface area (Å²) < 4.78 is 0. The van der Waals surface area contributed by atoms with Crippen LogP contribution < -0.4 is 10.6 Å². The third kappa shape index (κ3) is 2.21. The highest BCUT2D eigenvalue weighted by atomic mass is 16.2. The van der Waals surface area contributed by atoms with Crippen molar-refractivity contribution in [1.82, 2.24) is 4.90 Å². The number of rotatable bonds is 2. The highest BCUT2D eigenvalue weighted by Crippen LogP contribution is 2.28. The van der Waals surface area contributed by atoms with Gasteiger partial charge in [0.15, 0.2) is 0 Å². The van der Waals surface area contributed by atoms with E-state index in [9.17, 15) is 4.79 Å². The van der Waals surface area contributed by atoms with Gasteiger partial charge in [-0.05, 0) is 30.5 Å². The molecule has 4 heteroatoms. The predicted octanol–water partition coefficient (Wildman–Crippen LogP) is 1.26. The van der Waals surface area contributed by atoms with Gasteiger partial charge in [-0.15, -0.1) is 0 Å². The molecule has 2 fully saturated rings. The number of amides is 1. The summed E-state index contributed by atoms with van der Waals surface area (Å²) in [5, 5.41) is 0. The van der Waals surface area contributed by atoms with E-state index in [0.29, 0.717) is 18.5 Å². The smallest absolute Gasteiger partial charge is 0.223 e. The number of hydrogen-bond acceptors (Lipinski definition) is 3. The Labute approximate surface area is 114 Å². The average molecular weight is 259 g/mol. The molecule has 0 aliphatic carbocycles. The second-order valence-corrected chi connectivity index (χ2v) is 5.55. The lowest BCUT2D eigenvalue weighted by atomic mass is 10.1. The maximum Gasteiger partial charge on any atom is 0.223 e. The van der Waals surface area contributed by atoms with Crippen molar-refractivity contribution in [2.24, 2.45) is 5.73 Å². The van der Waals surface area contributed by atoms with Crippen LogP contribution in [0.25, 0.3) is 0 Å². The molecule has 0 spiro atoms. The third-order valence-electron chi connectivity index (χ3n) is 4.33. The van der Waals surface area contributed by atoms with Crippen LogP contribution >= 0.6 is 0 Å². The SMILES string of the molecule is Cc1cc(CN)ccc1N1CCN2C(=O)CCC2C1. The van der Waals surface area contributed by atoms with Crippen LogP contribution in [0, 0.1) is 6.92 Å². The molecule has 0 saturated carbocycles. The van der Waals surface area contributed by atoms with E-state index < -0.39 is 0 Å². The van der Waals surface area contributed by atoms with Gasteiger partial charge in [0.1, 0.15) is 0 Å². The molecule has 1 aromatic rings. The molecule has 0 radical (unpaired) electrons. The molecule has 2 aliphatic rings. The topological polar surface area (TPSA) is 49.6 Å². The van der Waals surface area contributed by atoms with Crippen molar-refractivity contribution < 1.29 is 4.79 Å². The normalized spacial score (nSPS) is 22.8. The van der Waals surface area contributed by atoms with Crippen LogP contribution in [0.4, 0.5) is 5.69 Å². The lowest BCUT2D eigenvalue weighted by Gasteiger charge is -2.39. The second-order valence-electron chi connectivity index (χ2n) is 5.55. The van der Waals surface area contributed by atoms with E-state index in [1.807, 2.05) is 0 Å². The van der Waals surface area contributed by atoms with Gasteiger partial charge in [0.2, 0.25) is 5.91 Å². The number of piperazine rings is 1. The maximum absolute atomic E-state index is 11.7. The second kappa shape index (κ2) is 4.85. The molecule has 1 unspecified atom stereocenters. The fourth-order valence-electron chi connectivity index (χ4n) is 3.28. The van der Waals surface area contributed by atoms with Crippen LogP contribution in [0.15, 0.2) is 18.2 Å². The summed E-state index contributed by atoms with van der Waals surface area (Å²) in [4.78, 5) is 16.2. The first-order valence-electron chi connectivity index (χ1n) is 7.03. The number of aryl methyl sites for hydroxylation is 1. The lowest BCUT2D eigenvalue weighted by Crippen LogP contribution is -2.51. The minimum absolute atomic E-state index is 0.333. The predicted molar refractivity (Wildman–Crippen MR) is 76.0 cm³/mol. The van der Waals surface area contributed by atoms with Crippen molar-refractivity contribution in [2.45, 2.75) is 32.4 Å². The van der Waals surface area contributed by atoms with Gasteiger partial charge in [0.25, 0.3) is 0 Å². The number of carbonyl (C=O) groups excluding carboxylic acids is 1. The van der Waals surface area contributed by atoms with Gasteiger partial charge in [-0.25, -0.2) is 0 Å². The van der Waals surface area contributed by atoms with Crippen LogP contribution in [-0.4, -0.2) is 36.5 Å². The van der Waals surface area contributed by atoms with E-state index in [4.69, 9.17) is 5.73 Å². The van der Waals surface area contributed by atoms with E-state index in [1.165, 1.54) is 16.8 Å². The van der Waals surface area contributed by atoms with E-state index >= 15 is 0 Å². The van der Waals surface area contributed by atoms with Crippen LogP contribution in [0.2, 0.25) is 0 Å².